The summed E-state index contributed by atoms with van der Waals surface area (Å²) >= 11 is 4.36. The predicted octanol–water partition coefficient (Wildman–Crippen LogP) is 6.51. The molecule has 5 nitrogen and oxygen atoms in total. The second-order valence-corrected chi connectivity index (χ2v) is 11.0. The summed E-state index contributed by atoms with van der Waals surface area (Å²) in [6.07, 6.45) is 1.48. The summed E-state index contributed by atoms with van der Waals surface area (Å²) in [6, 6.07) is 11.7. The number of amides is 1. The minimum absolute atomic E-state index is 0.00252. The number of allylic oxidation sites excluding steroid dienone is 1. The first-order chi connectivity index (χ1) is 18.3. The normalized spacial score (nSPS) is 16.8. The van der Waals surface area contributed by atoms with E-state index in [1.807, 2.05) is 13.8 Å². The number of hydrogen-bond donors (Lipinski definition) is 3. The fourth-order valence-corrected chi connectivity index (χ4v) is 4.86. The molecular formula is C30H34F3NO4S. The van der Waals surface area contributed by atoms with E-state index < -0.39 is 34.4 Å². The lowest BCUT2D eigenvalue weighted by atomic mass is 9.88. The Morgan fingerprint density at radius 2 is 1.69 bits per heavy atom. The number of carbonyl (C=O) groups is 3. The zero-order chi connectivity index (χ0) is 28.8. The number of carboxylic acid groups (broad SMARTS) is 1. The number of halogens is 3. The zero-order valence-corrected chi connectivity index (χ0v) is 22.9. The molecule has 0 bridgehead atoms. The van der Waals surface area contributed by atoms with Gasteiger partial charge in [-0.05, 0) is 54.0 Å². The molecule has 2 N–H and O–H groups in total. The first-order valence-electron chi connectivity index (χ1n) is 13.0. The molecule has 1 aliphatic carbocycles. The van der Waals surface area contributed by atoms with Gasteiger partial charge in [0, 0.05) is 6.42 Å². The predicted molar refractivity (Wildman–Crippen MR) is 147 cm³/mol. The summed E-state index contributed by atoms with van der Waals surface area (Å²) in [5.41, 5.74) is 0.00824. The van der Waals surface area contributed by atoms with Gasteiger partial charge in [0.15, 0.2) is 5.78 Å². The Balaban J connectivity index is 1.66. The highest BCUT2D eigenvalue weighted by Crippen LogP contribution is 2.33. The van der Waals surface area contributed by atoms with Crippen LogP contribution in [0.15, 0.2) is 60.7 Å². The molecule has 1 saturated carbocycles. The third kappa shape index (κ3) is 7.97. The van der Waals surface area contributed by atoms with E-state index in [-0.39, 0.29) is 30.4 Å². The quantitative estimate of drug-likeness (QED) is 0.216. The molecular weight excluding hydrogens is 527 g/mol. The maximum absolute atomic E-state index is 13.2. The van der Waals surface area contributed by atoms with Crippen molar-refractivity contribution in [3.05, 3.63) is 71.8 Å². The van der Waals surface area contributed by atoms with Crippen LogP contribution in [0.5, 0.6) is 0 Å². The molecule has 2 aromatic carbocycles. The summed E-state index contributed by atoms with van der Waals surface area (Å²) in [7, 11) is 0. The third-order valence-electron chi connectivity index (χ3n) is 7.18. The van der Waals surface area contributed by atoms with Gasteiger partial charge in [-0.1, -0.05) is 75.2 Å². The molecule has 0 heterocycles. The molecule has 210 valence electrons. The summed E-state index contributed by atoms with van der Waals surface area (Å²) < 4.78 is 39.1. The maximum Gasteiger partial charge on any atom is 0.416 e. The van der Waals surface area contributed by atoms with Crippen molar-refractivity contribution in [1.82, 2.24) is 5.32 Å². The lowest BCUT2D eigenvalue weighted by molar-refractivity contribution is -0.140. The molecule has 0 spiro atoms. The van der Waals surface area contributed by atoms with Gasteiger partial charge >= 0.3 is 12.1 Å². The number of nitrogens with one attached hydrogen (secondary N) is 1. The number of aliphatic carboxylic acids is 1. The lowest BCUT2D eigenvalue weighted by Gasteiger charge is -2.30. The average Bonchev–Trinajstić information content (AvgIpc) is 3.37. The SMILES string of the molecule is CC(C)[C@H](S)C(=O)NC1(C(=O)C/C=C/[C@@H](Cc2ccc(-c3cccc(C(F)(F)F)c3)cc2)C(=O)O)CCCC1. The van der Waals surface area contributed by atoms with Gasteiger partial charge in [-0.3, -0.25) is 14.4 Å². The van der Waals surface area contributed by atoms with Crippen LogP contribution < -0.4 is 5.32 Å². The highest BCUT2D eigenvalue weighted by atomic mass is 32.1. The Kier molecular flexibility index (Phi) is 10.0. The van der Waals surface area contributed by atoms with Gasteiger partial charge < -0.3 is 10.4 Å². The summed E-state index contributed by atoms with van der Waals surface area (Å²) in [4.78, 5) is 37.7. The number of rotatable bonds is 11. The van der Waals surface area contributed by atoms with Crippen molar-refractivity contribution < 1.29 is 32.7 Å². The van der Waals surface area contributed by atoms with Crippen LogP contribution in [0.25, 0.3) is 11.1 Å². The number of hydrogen-bond acceptors (Lipinski definition) is 4. The number of alkyl halides is 3. The highest BCUT2D eigenvalue weighted by molar-refractivity contribution is 7.81. The summed E-state index contributed by atoms with van der Waals surface area (Å²) in [6.45, 7) is 3.77. The van der Waals surface area contributed by atoms with E-state index in [0.29, 0.717) is 29.5 Å². The first kappa shape index (κ1) is 30.5. The van der Waals surface area contributed by atoms with Gasteiger partial charge in [0.25, 0.3) is 0 Å². The van der Waals surface area contributed by atoms with Crippen LogP contribution in [-0.4, -0.2) is 33.6 Å². The van der Waals surface area contributed by atoms with E-state index in [1.54, 1.807) is 36.4 Å². The molecule has 1 fully saturated rings. The van der Waals surface area contributed by atoms with Crippen molar-refractivity contribution in [2.24, 2.45) is 11.8 Å². The number of thiol groups is 1. The first-order valence-corrected chi connectivity index (χ1v) is 13.5. The van der Waals surface area contributed by atoms with Gasteiger partial charge in [-0.25, -0.2) is 0 Å². The Morgan fingerprint density at radius 3 is 2.26 bits per heavy atom. The summed E-state index contributed by atoms with van der Waals surface area (Å²) in [5, 5.41) is 12.1. The Bertz CT molecular complexity index is 1200. The van der Waals surface area contributed by atoms with E-state index in [9.17, 15) is 32.7 Å². The van der Waals surface area contributed by atoms with Gasteiger partial charge in [-0.15, -0.1) is 0 Å². The molecule has 2 aromatic rings. The summed E-state index contributed by atoms with van der Waals surface area (Å²) in [5.74, 6) is -2.36. The number of carboxylic acids is 1. The molecule has 0 saturated heterocycles. The number of Topliss-reactive ketones (excluding diaryl/α,β-unsaturated/α-hetero) is 1. The molecule has 0 unspecified atom stereocenters. The van der Waals surface area contributed by atoms with Crippen LogP contribution in [-0.2, 0) is 27.0 Å². The minimum atomic E-state index is -4.44. The zero-order valence-electron chi connectivity index (χ0n) is 22.0. The Labute approximate surface area is 232 Å². The monoisotopic (exact) mass is 561 g/mol. The van der Waals surface area contributed by atoms with Gasteiger partial charge in [0.05, 0.1) is 22.3 Å². The lowest BCUT2D eigenvalue weighted by Crippen LogP contribution is -2.55. The maximum atomic E-state index is 13.2. The van der Waals surface area contributed by atoms with Crippen LogP contribution in [0.1, 0.15) is 57.1 Å². The molecule has 39 heavy (non-hydrogen) atoms. The van der Waals surface area contributed by atoms with Crippen LogP contribution in [0.4, 0.5) is 13.2 Å². The smallest absolute Gasteiger partial charge is 0.416 e. The van der Waals surface area contributed by atoms with E-state index in [4.69, 9.17) is 0 Å². The second kappa shape index (κ2) is 12.9. The molecule has 0 radical (unpaired) electrons. The van der Waals surface area contributed by atoms with E-state index in [2.05, 4.69) is 17.9 Å². The Hall–Kier alpha value is -3.07. The van der Waals surface area contributed by atoms with Crippen LogP contribution in [0.3, 0.4) is 0 Å². The second-order valence-electron chi connectivity index (χ2n) is 10.4. The average molecular weight is 562 g/mol. The minimum Gasteiger partial charge on any atom is -0.481 e. The van der Waals surface area contributed by atoms with E-state index >= 15 is 0 Å². The molecule has 9 heteroatoms. The van der Waals surface area contributed by atoms with Crippen LogP contribution in [0.2, 0.25) is 0 Å². The topological polar surface area (TPSA) is 83.5 Å². The molecule has 3 rings (SSSR count). The molecule has 1 amide bonds. The standard InChI is InChI=1S/C30H34F3NO4S/c1-19(2)26(39)27(36)34-29(15-3-4-16-29)25(35)10-6-8-23(28(37)38)17-20-11-13-21(14-12-20)22-7-5-9-24(18-22)30(31,32)33/h5-9,11-14,18-19,23,26,39H,3-4,10,15-17H2,1-2H3,(H,34,36)(H,37,38)/b8-6+/t23-,26-/m0/s1. The van der Waals surface area contributed by atoms with Gasteiger partial charge in [-0.2, -0.15) is 25.8 Å². The van der Waals surface area contributed by atoms with Crippen molar-refractivity contribution in [3.8, 4) is 11.1 Å². The third-order valence-corrected chi connectivity index (χ3v) is 8.01. The van der Waals surface area contributed by atoms with Crippen molar-refractivity contribution in [2.75, 3.05) is 0 Å². The Morgan fingerprint density at radius 1 is 1.05 bits per heavy atom. The number of benzene rings is 2. The van der Waals surface area contributed by atoms with E-state index in [1.165, 1.54) is 12.1 Å². The largest absolute Gasteiger partial charge is 0.481 e. The molecule has 1 aliphatic rings. The van der Waals surface area contributed by atoms with Crippen LogP contribution >= 0.6 is 12.6 Å². The fraction of sp³-hybridized carbons (Fsp3) is 0.433. The van der Waals surface area contributed by atoms with Crippen molar-refractivity contribution in [3.63, 3.8) is 0 Å². The number of ketones is 1. The van der Waals surface area contributed by atoms with Crippen molar-refractivity contribution in [2.45, 2.75) is 69.3 Å². The molecule has 0 aromatic heterocycles. The van der Waals surface area contributed by atoms with Gasteiger partial charge in [0.2, 0.25) is 5.91 Å². The van der Waals surface area contributed by atoms with Crippen molar-refractivity contribution in [1.29, 1.82) is 0 Å². The van der Waals surface area contributed by atoms with Gasteiger partial charge in [0.1, 0.15) is 0 Å². The van der Waals surface area contributed by atoms with Crippen molar-refractivity contribution >= 4 is 30.3 Å². The van der Waals surface area contributed by atoms with E-state index in [0.717, 1.165) is 25.0 Å². The number of carbonyl (C=O) groups excluding carboxylic acids is 2. The molecule has 0 aliphatic heterocycles. The van der Waals surface area contributed by atoms with Crippen LogP contribution in [0, 0.1) is 11.8 Å². The highest BCUT2D eigenvalue weighted by Gasteiger charge is 2.42. The molecule has 2 atom stereocenters. The fourth-order valence-electron chi connectivity index (χ4n) is 4.80.